The summed E-state index contributed by atoms with van der Waals surface area (Å²) in [6.07, 6.45) is 7.36. The summed E-state index contributed by atoms with van der Waals surface area (Å²) in [6.45, 7) is 1.08. The summed E-state index contributed by atoms with van der Waals surface area (Å²) in [6, 6.07) is 10.9. The lowest BCUT2D eigenvalue weighted by atomic mass is 9.53. The number of halogens is 1. The van der Waals surface area contributed by atoms with Crippen LogP contribution in [0.25, 0.3) is 0 Å². The van der Waals surface area contributed by atoms with E-state index in [1.54, 1.807) is 12.1 Å². The molecule has 4 heteroatoms. The van der Waals surface area contributed by atoms with Crippen LogP contribution in [0, 0.1) is 11.7 Å². The summed E-state index contributed by atoms with van der Waals surface area (Å²) in [7, 11) is 0. The second-order valence-corrected chi connectivity index (χ2v) is 8.18. The van der Waals surface area contributed by atoms with Crippen molar-refractivity contribution in [3.8, 4) is 5.75 Å². The van der Waals surface area contributed by atoms with Gasteiger partial charge in [0.05, 0.1) is 5.69 Å². The van der Waals surface area contributed by atoms with E-state index in [2.05, 4.69) is 16.7 Å². The van der Waals surface area contributed by atoms with Crippen LogP contribution in [-0.4, -0.2) is 17.7 Å². The zero-order valence-electron chi connectivity index (χ0n) is 14.9. The molecule has 1 saturated carbocycles. The van der Waals surface area contributed by atoms with E-state index in [0.717, 1.165) is 18.7 Å². The molecule has 1 aliphatic heterocycles. The highest BCUT2D eigenvalue weighted by atomic mass is 19.1. The highest BCUT2D eigenvalue weighted by Crippen LogP contribution is 2.55. The monoisotopic (exact) mass is 352 g/mol. The number of piperidine rings is 1. The highest BCUT2D eigenvalue weighted by Gasteiger charge is 2.51. The third-order valence-corrected chi connectivity index (χ3v) is 6.88. The maximum Gasteiger partial charge on any atom is 0.139 e. The minimum atomic E-state index is -0.258. The number of phenolic OH excluding ortho intramolecular Hbond substituents is 1. The normalized spacial score (nSPS) is 29.6. The lowest BCUT2D eigenvalue weighted by Gasteiger charge is -2.56. The van der Waals surface area contributed by atoms with E-state index in [-0.39, 0.29) is 11.2 Å². The van der Waals surface area contributed by atoms with Gasteiger partial charge in [0.25, 0.3) is 0 Å². The lowest BCUT2D eigenvalue weighted by molar-refractivity contribution is 0.0796. The molecule has 2 aliphatic carbocycles. The quantitative estimate of drug-likeness (QED) is 0.691. The minimum Gasteiger partial charge on any atom is -0.506 e. The summed E-state index contributed by atoms with van der Waals surface area (Å²) in [5.41, 5.74) is 4.46. The van der Waals surface area contributed by atoms with Crippen LogP contribution in [0.4, 0.5) is 15.8 Å². The maximum atomic E-state index is 13.1. The first-order chi connectivity index (χ1) is 12.7. The van der Waals surface area contributed by atoms with Crippen LogP contribution in [-0.2, 0) is 11.8 Å². The summed E-state index contributed by atoms with van der Waals surface area (Å²) in [5.74, 6) is 0.739. The van der Waals surface area contributed by atoms with Crippen molar-refractivity contribution in [3.63, 3.8) is 0 Å². The molecule has 0 unspecified atom stereocenters. The molecule has 26 heavy (non-hydrogen) atoms. The lowest BCUT2D eigenvalue weighted by Crippen LogP contribution is -2.59. The van der Waals surface area contributed by atoms with Gasteiger partial charge in [-0.25, -0.2) is 4.39 Å². The maximum absolute atomic E-state index is 13.1. The Labute approximate surface area is 153 Å². The van der Waals surface area contributed by atoms with Crippen LogP contribution in [0.1, 0.15) is 43.2 Å². The standard InChI is InChI=1S/C22H25FN2O/c23-15-4-6-16(7-5-15)25-20-12-14-11-19-17-3-1-2-8-22(17,9-10-24-19)18(14)13-21(20)26/h4-7,12-13,17,19,24-26H,1-3,8-11H2/t17-,19+,22+/m0/s1. The molecule has 0 spiro atoms. The van der Waals surface area contributed by atoms with Gasteiger partial charge in [-0.2, -0.15) is 0 Å². The molecule has 0 amide bonds. The third kappa shape index (κ3) is 2.43. The number of hydrogen-bond donors (Lipinski definition) is 3. The number of nitrogens with one attached hydrogen (secondary N) is 2. The Hall–Kier alpha value is -2.07. The summed E-state index contributed by atoms with van der Waals surface area (Å²) in [4.78, 5) is 0. The average molecular weight is 352 g/mol. The van der Waals surface area contributed by atoms with Gasteiger partial charge in [-0.3, -0.25) is 0 Å². The van der Waals surface area contributed by atoms with Crippen LogP contribution in [0.5, 0.6) is 5.75 Å². The van der Waals surface area contributed by atoms with Gasteiger partial charge < -0.3 is 15.7 Å². The Bertz CT molecular complexity index is 831. The molecular weight excluding hydrogens is 327 g/mol. The molecule has 3 N–H and O–H groups in total. The number of fused-ring (bicyclic) bond motifs is 1. The van der Waals surface area contributed by atoms with Gasteiger partial charge in [-0.15, -0.1) is 0 Å². The van der Waals surface area contributed by atoms with E-state index >= 15 is 0 Å². The van der Waals surface area contributed by atoms with Crippen molar-refractivity contribution in [1.29, 1.82) is 0 Å². The van der Waals surface area contributed by atoms with Gasteiger partial charge >= 0.3 is 0 Å². The van der Waals surface area contributed by atoms with Gasteiger partial charge in [0.15, 0.2) is 0 Å². The molecule has 5 rings (SSSR count). The molecule has 2 bridgehead atoms. The van der Waals surface area contributed by atoms with E-state index in [1.165, 1.54) is 55.4 Å². The highest BCUT2D eigenvalue weighted by molar-refractivity contribution is 5.69. The molecule has 2 fully saturated rings. The number of hydrogen-bond acceptors (Lipinski definition) is 3. The van der Waals surface area contributed by atoms with E-state index < -0.39 is 0 Å². The SMILES string of the molecule is Oc1cc2c(cc1Nc1ccc(F)cc1)C[C@H]1NCC[C@@]23CCCC[C@@H]13. The molecule has 2 aromatic rings. The van der Waals surface area contributed by atoms with Gasteiger partial charge in [-0.05, 0) is 85.7 Å². The zero-order chi connectivity index (χ0) is 17.7. The molecule has 3 nitrogen and oxygen atoms in total. The molecule has 2 aromatic carbocycles. The van der Waals surface area contributed by atoms with Crippen molar-refractivity contribution < 1.29 is 9.50 Å². The average Bonchev–Trinajstić information content (AvgIpc) is 2.65. The Balaban J connectivity index is 1.55. The first-order valence-electron chi connectivity index (χ1n) is 9.78. The Morgan fingerprint density at radius 2 is 1.96 bits per heavy atom. The van der Waals surface area contributed by atoms with Crippen molar-refractivity contribution in [3.05, 3.63) is 53.3 Å². The van der Waals surface area contributed by atoms with Gasteiger partial charge in [-0.1, -0.05) is 12.8 Å². The third-order valence-electron chi connectivity index (χ3n) is 6.88. The molecule has 3 atom stereocenters. The number of benzene rings is 2. The Morgan fingerprint density at radius 3 is 2.81 bits per heavy atom. The zero-order valence-corrected chi connectivity index (χ0v) is 14.9. The van der Waals surface area contributed by atoms with Crippen molar-refractivity contribution in [2.24, 2.45) is 5.92 Å². The van der Waals surface area contributed by atoms with Crippen molar-refractivity contribution in [1.82, 2.24) is 5.32 Å². The first kappa shape index (κ1) is 16.1. The van der Waals surface area contributed by atoms with E-state index in [9.17, 15) is 9.50 Å². The fourth-order valence-electron chi connectivity index (χ4n) is 5.76. The Morgan fingerprint density at radius 1 is 1.12 bits per heavy atom. The van der Waals surface area contributed by atoms with Crippen molar-refractivity contribution >= 4 is 11.4 Å². The van der Waals surface area contributed by atoms with Crippen LogP contribution in [0.3, 0.4) is 0 Å². The number of anilines is 2. The molecule has 1 saturated heterocycles. The largest absolute Gasteiger partial charge is 0.506 e. The minimum absolute atomic E-state index is 0.244. The second-order valence-electron chi connectivity index (χ2n) is 8.18. The van der Waals surface area contributed by atoms with Crippen LogP contribution in [0.15, 0.2) is 36.4 Å². The molecule has 1 heterocycles. The summed E-state index contributed by atoms with van der Waals surface area (Å²) < 4.78 is 13.1. The fourth-order valence-corrected chi connectivity index (χ4v) is 5.76. The smallest absolute Gasteiger partial charge is 0.139 e. The number of rotatable bonds is 2. The summed E-state index contributed by atoms with van der Waals surface area (Å²) in [5, 5.41) is 17.7. The number of aromatic hydroxyl groups is 1. The van der Waals surface area contributed by atoms with Crippen LogP contribution >= 0.6 is 0 Å². The van der Waals surface area contributed by atoms with Crippen molar-refractivity contribution in [2.75, 3.05) is 11.9 Å². The van der Waals surface area contributed by atoms with E-state index in [1.807, 2.05) is 6.07 Å². The Kier molecular flexibility index (Phi) is 3.71. The van der Waals surface area contributed by atoms with E-state index in [4.69, 9.17) is 0 Å². The molecule has 0 aromatic heterocycles. The van der Waals surface area contributed by atoms with Gasteiger partial charge in [0.1, 0.15) is 11.6 Å². The fraction of sp³-hybridized carbons (Fsp3) is 0.455. The topological polar surface area (TPSA) is 44.3 Å². The van der Waals surface area contributed by atoms with Crippen molar-refractivity contribution in [2.45, 2.75) is 50.0 Å². The number of phenols is 1. The van der Waals surface area contributed by atoms with Crippen LogP contribution in [0.2, 0.25) is 0 Å². The second kappa shape index (κ2) is 5.98. The predicted octanol–water partition coefficient (Wildman–Crippen LogP) is 4.62. The molecule has 0 radical (unpaired) electrons. The van der Waals surface area contributed by atoms with Crippen LogP contribution < -0.4 is 10.6 Å². The molecule has 136 valence electrons. The van der Waals surface area contributed by atoms with E-state index in [0.29, 0.717) is 23.4 Å². The van der Waals surface area contributed by atoms with Gasteiger partial charge in [0, 0.05) is 17.1 Å². The predicted molar refractivity (Wildman–Crippen MR) is 102 cm³/mol. The summed E-state index contributed by atoms with van der Waals surface area (Å²) >= 11 is 0. The first-order valence-corrected chi connectivity index (χ1v) is 9.78. The molecular formula is C22H25FN2O. The van der Waals surface area contributed by atoms with Gasteiger partial charge in [0.2, 0.25) is 0 Å². The molecule has 3 aliphatic rings.